The summed E-state index contributed by atoms with van der Waals surface area (Å²) in [4.78, 5) is 4.07. The second-order valence-corrected chi connectivity index (χ2v) is 6.20. The molecule has 1 aromatic heterocycles. The number of benzene rings is 2. The third-order valence-electron chi connectivity index (χ3n) is 4.64. The van der Waals surface area contributed by atoms with E-state index < -0.39 is 0 Å². The normalized spacial score (nSPS) is 12.0. The Morgan fingerprint density at radius 1 is 0.960 bits per heavy atom. The summed E-state index contributed by atoms with van der Waals surface area (Å²) in [7, 11) is 1.71. The summed E-state index contributed by atoms with van der Waals surface area (Å²) < 4.78 is 5.40. The van der Waals surface area contributed by atoms with Gasteiger partial charge < -0.3 is 10.1 Å². The van der Waals surface area contributed by atoms with Crippen LogP contribution < -0.4 is 10.1 Å². The Morgan fingerprint density at radius 2 is 1.64 bits per heavy atom. The minimum atomic E-state index is 0.275. The molecule has 0 aliphatic carbocycles. The number of rotatable bonds is 6. The van der Waals surface area contributed by atoms with E-state index in [2.05, 4.69) is 54.5 Å². The number of pyridine rings is 1. The molecule has 0 saturated carbocycles. The van der Waals surface area contributed by atoms with Crippen molar-refractivity contribution in [2.24, 2.45) is 0 Å². The van der Waals surface area contributed by atoms with Gasteiger partial charge in [-0.1, -0.05) is 36.4 Å². The lowest BCUT2D eigenvalue weighted by Crippen LogP contribution is -2.18. The molecule has 3 heteroatoms. The lowest BCUT2D eigenvalue weighted by molar-refractivity contribution is 0.410. The zero-order valence-corrected chi connectivity index (χ0v) is 15.0. The summed E-state index contributed by atoms with van der Waals surface area (Å²) in [6.45, 7) is 5.11. The minimum Gasteiger partial charge on any atom is -0.496 e. The van der Waals surface area contributed by atoms with Gasteiger partial charge in [-0.05, 0) is 59.9 Å². The summed E-state index contributed by atoms with van der Waals surface area (Å²) >= 11 is 0. The van der Waals surface area contributed by atoms with Crippen molar-refractivity contribution in [1.29, 1.82) is 0 Å². The van der Waals surface area contributed by atoms with Crippen LogP contribution in [0, 0.1) is 6.92 Å². The fourth-order valence-electron chi connectivity index (χ4n) is 2.96. The molecular weight excluding hydrogens is 308 g/mol. The maximum Gasteiger partial charge on any atom is 0.122 e. The average Bonchev–Trinajstić information content (AvgIpc) is 2.68. The molecule has 2 aromatic carbocycles. The lowest BCUT2D eigenvalue weighted by atomic mass is 10.0. The Labute approximate surface area is 149 Å². The van der Waals surface area contributed by atoms with E-state index in [1.165, 1.54) is 27.8 Å². The molecule has 3 rings (SSSR count). The van der Waals surface area contributed by atoms with E-state index in [1.54, 1.807) is 7.11 Å². The molecule has 1 atom stereocenters. The number of hydrogen-bond acceptors (Lipinski definition) is 3. The Balaban J connectivity index is 1.67. The Hall–Kier alpha value is -2.65. The van der Waals surface area contributed by atoms with Crippen LogP contribution in [0.5, 0.6) is 5.75 Å². The van der Waals surface area contributed by atoms with Crippen molar-refractivity contribution in [2.45, 2.75) is 26.4 Å². The van der Waals surface area contributed by atoms with Gasteiger partial charge in [0.1, 0.15) is 5.75 Å². The molecule has 25 heavy (non-hydrogen) atoms. The summed E-state index contributed by atoms with van der Waals surface area (Å²) in [6, 6.07) is 19.2. The van der Waals surface area contributed by atoms with Gasteiger partial charge in [-0.2, -0.15) is 0 Å². The van der Waals surface area contributed by atoms with Crippen molar-refractivity contribution in [3.8, 4) is 16.9 Å². The predicted molar refractivity (Wildman–Crippen MR) is 103 cm³/mol. The molecule has 0 saturated heterocycles. The smallest absolute Gasteiger partial charge is 0.122 e. The molecule has 1 unspecified atom stereocenters. The number of aromatic nitrogens is 1. The van der Waals surface area contributed by atoms with E-state index in [9.17, 15) is 0 Å². The molecule has 3 nitrogen and oxygen atoms in total. The van der Waals surface area contributed by atoms with Crippen molar-refractivity contribution < 1.29 is 4.74 Å². The van der Waals surface area contributed by atoms with Gasteiger partial charge in [0.2, 0.25) is 0 Å². The van der Waals surface area contributed by atoms with Crippen molar-refractivity contribution in [3.05, 3.63) is 83.7 Å². The zero-order valence-electron chi connectivity index (χ0n) is 15.0. The molecule has 0 spiro atoms. The van der Waals surface area contributed by atoms with Crippen LogP contribution in [-0.4, -0.2) is 12.1 Å². The number of ether oxygens (including phenoxy) is 1. The number of nitrogens with one attached hydrogen (secondary N) is 1. The number of nitrogens with zero attached hydrogens (tertiary/aromatic N) is 1. The molecule has 0 amide bonds. The first kappa shape index (κ1) is 17.2. The number of hydrogen-bond donors (Lipinski definition) is 1. The van der Waals surface area contributed by atoms with Crippen LogP contribution in [-0.2, 0) is 6.54 Å². The first-order valence-corrected chi connectivity index (χ1v) is 8.55. The standard InChI is InChI=1S/C22H24N2O/c1-16-21(5-4-6-22(16)25-3)15-24-17(2)18-7-9-19(10-8-18)20-11-13-23-14-12-20/h4-14,17,24H,15H2,1-3H3. The topological polar surface area (TPSA) is 34.1 Å². The van der Waals surface area contributed by atoms with Gasteiger partial charge in [-0.15, -0.1) is 0 Å². The van der Waals surface area contributed by atoms with E-state index in [-0.39, 0.29) is 6.04 Å². The van der Waals surface area contributed by atoms with E-state index in [0.29, 0.717) is 0 Å². The maximum absolute atomic E-state index is 5.40. The Kier molecular flexibility index (Phi) is 5.46. The molecular formula is C22H24N2O. The van der Waals surface area contributed by atoms with Gasteiger partial charge >= 0.3 is 0 Å². The van der Waals surface area contributed by atoms with E-state index in [4.69, 9.17) is 4.74 Å². The molecule has 0 aliphatic heterocycles. The molecule has 0 aliphatic rings. The third-order valence-corrected chi connectivity index (χ3v) is 4.64. The van der Waals surface area contributed by atoms with Gasteiger partial charge in [0.25, 0.3) is 0 Å². The van der Waals surface area contributed by atoms with Crippen LogP contribution >= 0.6 is 0 Å². The van der Waals surface area contributed by atoms with Crippen molar-refractivity contribution in [2.75, 3.05) is 7.11 Å². The van der Waals surface area contributed by atoms with Crippen LogP contribution in [0.3, 0.4) is 0 Å². The summed E-state index contributed by atoms with van der Waals surface area (Å²) in [5.41, 5.74) is 6.13. The fraction of sp³-hybridized carbons (Fsp3) is 0.227. The minimum absolute atomic E-state index is 0.275. The predicted octanol–water partition coefficient (Wildman–Crippen LogP) is 4.92. The van der Waals surface area contributed by atoms with Gasteiger partial charge in [0.15, 0.2) is 0 Å². The van der Waals surface area contributed by atoms with Crippen LogP contribution in [0.15, 0.2) is 67.0 Å². The van der Waals surface area contributed by atoms with Gasteiger partial charge in [-0.25, -0.2) is 0 Å². The average molecular weight is 332 g/mol. The van der Waals surface area contributed by atoms with Crippen LogP contribution in [0.4, 0.5) is 0 Å². The van der Waals surface area contributed by atoms with Crippen LogP contribution in [0.1, 0.15) is 29.7 Å². The molecule has 0 bridgehead atoms. The number of methoxy groups -OCH3 is 1. The summed E-state index contributed by atoms with van der Waals surface area (Å²) in [5.74, 6) is 0.939. The van der Waals surface area contributed by atoms with E-state index in [0.717, 1.165) is 12.3 Å². The van der Waals surface area contributed by atoms with E-state index in [1.807, 2.05) is 36.7 Å². The van der Waals surface area contributed by atoms with Gasteiger partial charge in [0, 0.05) is 25.0 Å². The second kappa shape index (κ2) is 7.95. The Bertz CT molecular complexity index is 813. The quantitative estimate of drug-likeness (QED) is 0.696. The lowest BCUT2D eigenvalue weighted by Gasteiger charge is -2.17. The van der Waals surface area contributed by atoms with Crippen molar-refractivity contribution in [1.82, 2.24) is 10.3 Å². The SMILES string of the molecule is COc1cccc(CNC(C)c2ccc(-c3ccncc3)cc2)c1C. The van der Waals surface area contributed by atoms with Gasteiger partial charge in [0.05, 0.1) is 7.11 Å². The van der Waals surface area contributed by atoms with Crippen molar-refractivity contribution >= 4 is 0 Å². The Morgan fingerprint density at radius 3 is 2.32 bits per heavy atom. The maximum atomic E-state index is 5.40. The highest BCUT2D eigenvalue weighted by Crippen LogP contribution is 2.23. The van der Waals surface area contributed by atoms with E-state index >= 15 is 0 Å². The first-order chi connectivity index (χ1) is 12.2. The highest BCUT2D eigenvalue weighted by atomic mass is 16.5. The highest BCUT2D eigenvalue weighted by molar-refractivity contribution is 5.63. The van der Waals surface area contributed by atoms with Gasteiger partial charge in [-0.3, -0.25) is 4.98 Å². The molecule has 3 aromatic rings. The summed E-state index contributed by atoms with van der Waals surface area (Å²) in [5, 5.41) is 3.60. The largest absolute Gasteiger partial charge is 0.496 e. The molecule has 1 N–H and O–H groups in total. The van der Waals surface area contributed by atoms with Crippen molar-refractivity contribution in [3.63, 3.8) is 0 Å². The fourth-order valence-corrected chi connectivity index (χ4v) is 2.96. The molecule has 0 radical (unpaired) electrons. The molecule has 0 fully saturated rings. The highest BCUT2D eigenvalue weighted by Gasteiger charge is 2.08. The third kappa shape index (κ3) is 4.06. The van der Waals surface area contributed by atoms with Crippen LogP contribution in [0.25, 0.3) is 11.1 Å². The summed E-state index contributed by atoms with van der Waals surface area (Å²) in [6.07, 6.45) is 3.65. The molecule has 128 valence electrons. The first-order valence-electron chi connectivity index (χ1n) is 8.55. The van der Waals surface area contributed by atoms with Crippen LogP contribution in [0.2, 0.25) is 0 Å². The monoisotopic (exact) mass is 332 g/mol. The molecule has 1 heterocycles. The second-order valence-electron chi connectivity index (χ2n) is 6.20. The zero-order chi connectivity index (χ0) is 17.6.